The summed E-state index contributed by atoms with van der Waals surface area (Å²) in [6.07, 6.45) is -1.18. The Morgan fingerprint density at radius 1 is 1.10 bits per heavy atom. The zero-order valence-electron chi connectivity index (χ0n) is 15.2. The number of aromatic nitrogens is 5. The van der Waals surface area contributed by atoms with E-state index in [1.165, 1.54) is 33.3 Å². The summed E-state index contributed by atoms with van der Waals surface area (Å²) in [5, 5.41) is 17.2. The SMILES string of the molecule is Cc1ccc(C=Nn2cnn3c(SCc4cccc(C(F)(F)F)c4)nnc23)cc1. The number of fused-ring (bicyclic) bond motifs is 1. The second-order valence-electron chi connectivity index (χ2n) is 6.31. The van der Waals surface area contributed by atoms with E-state index < -0.39 is 11.7 Å². The van der Waals surface area contributed by atoms with E-state index in [2.05, 4.69) is 20.4 Å². The van der Waals surface area contributed by atoms with E-state index in [1.807, 2.05) is 31.2 Å². The topological polar surface area (TPSA) is 60.4 Å². The van der Waals surface area contributed by atoms with Crippen LogP contribution in [0.1, 0.15) is 22.3 Å². The van der Waals surface area contributed by atoms with Gasteiger partial charge in [-0.15, -0.1) is 10.2 Å². The Morgan fingerprint density at radius 2 is 1.90 bits per heavy atom. The minimum Gasteiger partial charge on any atom is -0.184 e. The van der Waals surface area contributed by atoms with Gasteiger partial charge in [0.1, 0.15) is 6.33 Å². The summed E-state index contributed by atoms with van der Waals surface area (Å²) in [6, 6.07) is 13.1. The Morgan fingerprint density at radius 3 is 2.66 bits per heavy atom. The highest BCUT2D eigenvalue weighted by Gasteiger charge is 2.30. The Hall–Kier alpha value is -3.14. The summed E-state index contributed by atoms with van der Waals surface area (Å²) in [5.41, 5.74) is 1.96. The molecule has 6 nitrogen and oxygen atoms in total. The molecule has 0 bridgehead atoms. The molecule has 0 aliphatic heterocycles. The molecule has 0 spiro atoms. The first-order chi connectivity index (χ1) is 13.9. The molecule has 0 saturated carbocycles. The average molecular weight is 416 g/mol. The average Bonchev–Trinajstić information content (AvgIpc) is 3.28. The molecule has 0 radical (unpaired) electrons. The maximum absolute atomic E-state index is 12.8. The number of rotatable bonds is 5. The van der Waals surface area contributed by atoms with Crippen molar-refractivity contribution in [3.05, 3.63) is 77.1 Å². The normalized spacial score (nSPS) is 12.3. The van der Waals surface area contributed by atoms with Gasteiger partial charge in [-0.25, -0.2) is 0 Å². The Bertz CT molecular complexity index is 1160. The van der Waals surface area contributed by atoms with Crippen LogP contribution in [0, 0.1) is 6.92 Å². The largest absolute Gasteiger partial charge is 0.416 e. The predicted octanol–water partition coefficient (Wildman–Crippen LogP) is 4.43. The molecule has 0 atom stereocenters. The molecule has 0 unspecified atom stereocenters. The van der Waals surface area contributed by atoms with Crippen LogP contribution in [0.15, 0.2) is 65.1 Å². The molecule has 29 heavy (non-hydrogen) atoms. The van der Waals surface area contributed by atoms with Crippen molar-refractivity contribution in [1.82, 2.24) is 24.5 Å². The number of benzene rings is 2. The Balaban J connectivity index is 1.50. The van der Waals surface area contributed by atoms with Crippen LogP contribution in [0.4, 0.5) is 13.2 Å². The molecule has 0 saturated heterocycles. The third kappa shape index (κ3) is 4.32. The highest BCUT2D eigenvalue weighted by molar-refractivity contribution is 7.98. The second kappa shape index (κ2) is 7.70. The fourth-order valence-corrected chi connectivity index (χ4v) is 3.42. The second-order valence-corrected chi connectivity index (χ2v) is 7.25. The lowest BCUT2D eigenvalue weighted by molar-refractivity contribution is -0.137. The lowest BCUT2D eigenvalue weighted by Crippen LogP contribution is -2.04. The van der Waals surface area contributed by atoms with Crippen molar-refractivity contribution >= 4 is 23.8 Å². The van der Waals surface area contributed by atoms with Crippen LogP contribution in [0.2, 0.25) is 0 Å². The van der Waals surface area contributed by atoms with Crippen LogP contribution in [-0.2, 0) is 11.9 Å². The fourth-order valence-electron chi connectivity index (χ4n) is 2.59. The third-order valence-electron chi connectivity index (χ3n) is 4.11. The zero-order chi connectivity index (χ0) is 20.4. The van der Waals surface area contributed by atoms with E-state index in [4.69, 9.17) is 0 Å². The first kappa shape index (κ1) is 19.2. The van der Waals surface area contributed by atoms with Crippen molar-refractivity contribution < 1.29 is 13.2 Å². The van der Waals surface area contributed by atoms with Gasteiger partial charge in [-0.05, 0) is 24.1 Å². The maximum atomic E-state index is 12.8. The van der Waals surface area contributed by atoms with Gasteiger partial charge in [0.05, 0.1) is 11.8 Å². The minimum absolute atomic E-state index is 0.310. The lowest BCUT2D eigenvalue weighted by atomic mass is 10.1. The number of hydrogen-bond acceptors (Lipinski definition) is 5. The van der Waals surface area contributed by atoms with Crippen LogP contribution >= 0.6 is 11.8 Å². The number of alkyl halides is 3. The molecular formula is C19H15F3N6S. The number of thioether (sulfide) groups is 1. The van der Waals surface area contributed by atoms with Crippen molar-refractivity contribution in [2.24, 2.45) is 5.10 Å². The Kier molecular flexibility index (Phi) is 5.10. The Labute approximate surface area is 168 Å². The van der Waals surface area contributed by atoms with Gasteiger partial charge in [0.15, 0.2) is 0 Å². The number of hydrogen-bond donors (Lipinski definition) is 0. The summed E-state index contributed by atoms with van der Waals surface area (Å²) in [5.74, 6) is 0.726. The van der Waals surface area contributed by atoms with E-state index >= 15 is 0 Å². The molecule has 0 N–H and O–H groups in total. The molecule has 0 amide bonds. The first-order valence-corrected chi connectivity index (χ1v) is 9.57. The smallest absolute Gasteiger partial charge is 0.184 e. The van der Waals surface area contributed by atoms with Crippen LogP contribution < -0.4 is 0 Å². The van der Waals surface area contributed by atoms with Crippen molar-refractivity contribution in [3.8, 4) is 0 Å². The minimum atomic E-state index is -4.36. The van der Waals surface area contributed by atoms with Gasteiger partial charge in [0.2, 0.25) is 5.16 Å². The molecule has 10 heteroatoms. The van der Waals surface area contributed by atoms with E-state index in [9.17, 15) is 13.2 Å². The highest BCUT2D eigenvalue weighted by atomic mass is 32.2. The van der Waals surface area contributed by atoms with Gasteiger partial charge in [-0.3, -0.25) is 0 Å². The number of nitrogens with zero attached hydrogens (tertiary/aromatic N) is 6. The molecule has 148 valence electrons. The predicted molar refractivity (Wildman–Crippen MR) is 104 cm³/mol. The van der Waals surface area contributed by atoms with Crippen LogP contribution in [0.25, 0.3) is 5.78 Å². The summed E-state index contributed by atoms with van der Waals surface area (Å²) in [7, 11) is 0. The van der Waals surface area contributed by atoms with Crippen molar-refractivity contribution in [3.63, 3.8) is 0 Å². The summed E-state index contributed by atoms with van der Waals surface area (Å²) >= 11 is 1.25. The highest BCUT2D eigenvalue weighted by Crippen LogP contribution is 2.31. The van der Waals surface area contributed by atoms with Crippen LogP contribution in [0.5, 0.6) is 0 Å². The van der Waals surface area contributed by atoms with E-state index in [1.54, 1.807) is 12.3 Å². The molecule has 4 rings (SSSR count). The van der Waals surface area contributed by atoms with E-state index in [0.29, 0.717) is 22.3 Å². The maximum Gasteiger partial charge on any atom is 0.416 e. The summed E-state index contributed by atoms with van der Waals surface area (Å²) in [4.78, 5) is 0. The van der Waals surface area contributed by atoms with Gasteiger partial charge in [0.25, 0.3) is 5.78 Å². The number of halogens is 3. The monoisotopic (exact) mass is 416 g/mol. The zero-order valence-corrected chi connectivity index (χ0v) is 16.0. The third-order valence-corrected chi connectivity index (χ3v) is 5.10. The van der Waals surface area contributed by atoms with Crippen LogP contribution in [-0.4, -0.2) is 30.7 Å². The van der Waals surface area contributed by atoms with Gasteiger partial charge in [-0.1, -0.05) is 59.8 Å². The molecule has 2 aromatic carbocycles. The molecule has 4 aromatic rings. The lowest BCUT2D eigenvalue weighted by Gasteiger charge is -2.07. The molecule has 2 aromatic heterocycles. The summed E-state index contributed by atoms with van der Waals surface area (Å²) in [6.45, 7) is 2.01. The van der Waals surface area contributed by atoms with Gasteiger partial charge < -0.3 is 0 Å². The first-order valence-electron chi connectivity index (χ1n) is 8.59. The van der Waals surface area contributed by atoms with Crippen molar-refractivity contribution in [1.29, 1.82) is 0 Å². The fraction of sp³-hybridized carbons (Fsp3) is 0.158. The summed E-state index contributed by atoms with van der Waals surface area (Å²) < 4.78 is 41.5. The molecular weight excluding hydrogens is 401 g/mol. The number of aryl methyl sites for hydroxylation is 1. The quantitative estimate of drug-likeness (QED) is 0.357. The van der Waals surface area contributed by atoms with Gasteiger partial charge >= 0.3 is 6.18 Å². The van der Waals surface area contributed by atoms with Gasteiger partial charge in [-0.2, -0.15) is 32.6 Å². The van der Waals surface area contributed by atoms with Crippen LogP contribution in [0.3, 0.4) is 0 Å². The van der Waals surface area contributed by atoms with E-state index in [0.717, 1.165) is 23.3 Å². The molecule has 0 aliphatic carbocycles. The van der Waals surface area contributed by atoms with Gasteiger partial charge in [0, 0.05) is 5.75 Å². The van der Waals surface area contributed by atoms with Crippen molar-refractivity contribution in [2.45, 2.75) is 24.0 Å². The van der Waals surface area contributed by atoms with E-state index in [-0.39, 0.29) is 0 Å². The molecule has 2 heterocycles. The molecule has 0 aliphatic rings. The molecule has 0 fully saturated rings. The van der Waals surface area contributed by atoms with Crippen molar-refractivity contribution in [2.75, 3.05) is 0 Å². The standard InChI is InChI=1S/C19H15F3N6S/c1-13-5-7-14(8-6-13)10-23-27-12-24-28-17(27)25-26-18(28)29-11-15-3-2-4-16(9-15)19(20,21)22/h2-10,12H,11H2,1H3.